The topological polar surface area (TPSA) is 76.0 Å². The summed E-state index contributed by atoms with van der Waals surface area (Å²) in [4.78, 5) is 12.3. The Bertz CT molecular complexity index is 761. The minimum Gasteiger partial charge on any atom is -0.508 e. The maximum Gasteiger partial charge on any atom is 0.509 e. The Morgan fingerprint density at radius 3 is 2.00 bits per heavy atom. The molecule has 0 aromatic heterocycles. The average molecular weight is 356 g/mol. The first kappa shape index (κ1) is 18.1. The molecule has 1 heterocycles. The molecule has 3 rings (SSSR count). The standard InChI is InChI=1S/C21H24O5/c1-14-12-16(6-8-18(14)22)21(17-7-9-19(23)15(2)13-17)10-4-3-5-11-25-20(24)26-21/h6-9,12-13,22-23H,3-5,10-11H2,1-2H3. The molecule has 0 unspecified atom stereocenters. The number of aromatic hydroxyl groups is 2. The lowest BCUT2D eigenvalue weighted by Gasteiger charge is -2.34. The summed E-state index contributed by atoms with van der Waals surface area (Å²) in [7, 11) is 0. The second-order valence-corrected chi connectivity index (χ2v) is 6.84. The van der Waals surface area contributed by atoms with Crippen molar-refractivity contribution in [2.45, 2.75) is 45.1 Å². The van der Waals surface area contributed by atoms with Gasteiger partial charge < -0.3 is 19.7 Å². The molecular weight excluding hydrogens is 332 g/mol. The predicted octanol–water partition coefficient (Wildman–Crippen LogP) is 4.69. The average Bonchev–Trinajstić information content (AvgIpc) is 2.70. The van der Waals surface area contributed by atoms with E-state index in [1.807, 2.05) is 26.0 Å². The maximum atomic E-state index is 12.3. The Morgan fingerprint density at radius 2 is 1.46 bits per heavy atom. The third-order valence-electron chi connectivity index (χ3n) is 4.98. The van der Waals surface area contributed by atoms with Crippen LogP contribution in [0.3, 0.4) is 0 Å². The van der Waals surface area contributed by atoms with Crippen LogP contribution in [-0.2, 0) is 15.1 Å². The van der Waals surface area contributed by atoms with Crippen LogP contribution in [-0.4, -0.2) is 23.0 Å². The number of aryl methyl sites for hydroxylation is 2. The fourth-order valence-corrected chi connectivity index (χ4v) is 3.42. The summed E-state index contributed by atoms with van der Waals surface area (Å²) in [6, 6.07) is 10.4. The third kappa shape index (κ3) is 3.47. The fraction of sp³-hybridized carbons (Fsp3) is 0.381. The van der Waals surface area contributed by atoms with Crippen LogP contribution in [0.25, 0.3) is 0 Å². The lowest BCUT2D eigenvalue weighted by atomic mass is 9.80. The number of rotatable bonds is 2. The van der Waals surface area contributed by atoms with Crippen LogP contribution in [0.15, 0.2) is 36.4 Å². The van der Waals surface area contributed by atoms with Crippen molar-refractivity contribution in [3.05, 3.63) is 58.7 Å². The predicted molar refractivity (Wildman–Crippen MR) is 97.4 cm³/mol. The summed E-state index contributed by atoms with van der Waals surface area (Å²) >= 11 is 0. The van der Waals surface area contributed by atoms with Crippen LogP contribution in [0.4, 0.5) is 4.79 Å². The molecule has 1 aliphatic heterocycles. The Kier molecular flexibility index (Phi) is 5.07. The van der Waals surface area contributed by atoms with Gasteiger partial charge in [-0.2, -0.15) is 0 Å². The summed E-state index contributed by atoms with van der Waals surface area (Å²) < 4.78 is 11.1. The molecule has 26 heavy (non-hydrogen) atoms. The van der Waals surface area contributed by atoms with Crippen LogP contribution in [0.1, 0.15) is 47.9 Å². The lowest BCUT2D eigenvalue weighted by Crippen LogP contribution is -2.34. The number of hydrogen-bond acceptors (Lipinski definition) is 5. The second-order valence-electron chi connectivity index (χ2n) is 6.84. The van der Waals surface area contributed by atoms with E-state index in [1.165, 1.54) is 0 Å². The molecule has 0 aliphatic carbocycles. The largest absolute Gasteiger partial charge is 0.509 e. The van der Waals surface area contributed by atoms with Gasteiger partial charge in [-0.25, -0.2) is 4.79 Å². The number of phenols is 2. The number of carbonyl (C=O) groups excluding carboxylic acids is 1. The van der Waals surface area contributed by atoms with E-state index in [1.54, 1.807) is 24.3 Å². The number of cyclic esters (lactones) is 2. The highest BCUT2D eigenvalue weighted by molar-refractivity contribution is 5.62. The first-order valence-electron chi connectivity index (χ1n) is 8.88. The Balaban J connectivity index is 2.19. The molecule has 0 radical (unpaired) electrons. The van der Waals surface area contributed by atoms with E-state index in [2.05, 4.69) is 0 Å². The fourth-order valence-electron chi connectivity index (χ4n) is 3.42. The number of phenolic OH excluding ortho intramolecular Hbond substituents is 2. The van der Waals surface area contributed by atoms with Crippen LogP contribution in [0.2, 0.25) is 0 Å². The van der Waals surface area contributed by atoms with E-state index in [0.717, 1.165) is 30.4 Å². The summed E-state index contributed by atoms with van der Waals surface area (Å²) in [6.45, 7) is 3.96. The van der Waals surface area contributed by atoms with Crippen molar-refractivity contribution in [1.82, 2.24) is 0 Å². The van der Waals surface area contributed by atoms with Gasteiger partial charge >= 0.3 is 6.16 Å². The van der Waals surface area contributed by atoms with Crippen LogP contribution in [0, 0.1) is 13.8 Å². The first-order chi connectivity index (χ1) is 12.4. The first-order valence-corrected chi connectivity index (χ1v) is 8.88. The molecule has 1 saturated heterocycles. The summed E-state index contributed by atoms with van der Waals surface area (Å²) in [5.41, 5.74) is 1.93. The Labute approximate surface area is 153 Å². The van der Waals surface area contributed by atoms with E-state index in [9.17, 15) is 15.0 Å². The Hall–Kier alpha value is -2.69. The van der Waals surface area contributed by atoms with Crippen molar-refractivity contribution < 1.29 is 24.5 Å². The molecule has 0 atom stereocenters. The molecule has 2 aromatic rings. The van der Waals surface area contributed by atoms with Crippen molar-refractivity contribution in [3.8, 4) is 11.5 Å². The summed E-state index contributed by atoms with van der Waals surface area (Å²) in [6.07, 6.45) is 2.47. The zero-order valence-corrected chi connectivity index (χ0v) is 15.1. The molecule has 1 aliphatic rings. The van der Waals surface area contributed by atoms with Gasteiger partial charge in [-0.3, -0.25) is 0 Å². The van der Waals surface area contributed by atoms with E-state index >= 15 is 0 Å². The van der Waals surface area contributed by atoms with E-state index < -0.39 is 11.8 Å². The molecule has 1 fully saturated rings. The highest BCUT2D eigenvalue weighted by Gasteiger charge is 2.40. The molecule has 0 spiro atoms. The van der Waals surface area contributed by atoms with Gasteiger partial charge in [0.15, 0.2) is 5.60 Å². The molecule has 138 valence electrons. The van der Waals surface area contributed by atoms with Gasteiger partial charge in [-0.15, -0.1) is 0 Å². The molecule has 0 bridgehead atoms. The van der Waals surface area contributed by atoms with Crippen molar-refractivity contribution in [2.24, 2.45) is 0 Å². The third-order valence-corrected chi connectivity index (χ3v) is 4.98. The highest BCUT2D eigenvalue weighted by atomic mass is 16.7. The lowest BCUT2D eigenvalue weighted by molar-refractivity contribution is -0.0175. The molecule has 2 aromatic carbocycles. The normalized spacial score (nSPS) is 17.4. The number of benzene rings is 2. The zero-order valence-electron chi connectivity index (χ0n) is 15.1. The van der Waals surface area contributed by atoms with E-state index in [4.69, 9.17) is 9.47 Å². The maximum absolute atomic E-state index is 12.3. The van der Waals surface area contributed by atoms with Crippen molar-refractivity contribution in [3.63, 3.8) is 0 Å². The van der Waals surface area contributed by atoms with Crippen molar-refractivity contribution in [2.75, 3.05) is 6.61 Å². The molecule has 0 saturated carbocycles. The monoisotopic (exact) mass is 356 g/mol. The van der Waals surface area contributed by atoms with Gasteiger partial charge in [0.25, 0.3) is 0 Å². The SMILES string of the molecule is Cc1cc(C2(c3ccc(O)c(C)c3)CCCCCOC(=O)O2)ccc1O. The Morgan fingerprint density at radius 1 is 0.885 bits per heavy atom. The molecule has 5 heteroatoms. The van der Waals surface area contributed by atoms with Gasteiger partial charge in [0.1, 0.15) is 11.5 Å². The zero-order chi connectivity index (χ0) is 18.7. The van der Waals surface area contributed by atoms with Gasteiger partial charge in [-0.1, -0.05) is 12.1 Å². The van der Waals surface area contributed by atoms with Gasteiger partial charge in [-0.05, 0) is 74.9 Å². The summed E-state index contributed by atoms with van der Waals surface area (Å²) in [5, 5.41) is 19.8. The molecule has 5 nitrogen and oxygen atoms in total. The highest BCUT2D eigenvalue weighted by Crippen LogP contribution is 2.42. The van der Waals surface area contributed by atoms with Crippen molar-refractivity contribution in [1.29, 1.82) is 0 Å². The van der Waals surface area contributed by atoms with Crippen LogP contribution in [0.5, 0.6) is 11.5 Å². The molecular formula is C21H24O5. The molecule has 0 amide bonds. The number of carbonyl (C=O) groups is 1. The quantitative estimate of drug-likeness (QED) is 0.764. The van der Waals surface area contributed by atoms with Crippen LogP contribution < -0.4 is 0 Å². The number of hydrogen-bond donors (Lipinski definition) is 2. The second kappa shape index (κ2) is 7.28. The van der Waals surface area contributed by atoms with Gasteiger partial charge in [0.05, 0.1) is 6.61 Å². The number of ether oxygens (including phenoxy) is 2. The molecule has 2 N–H and O–H groups in total. The van der Waals surface area contributed by atoms with Gasteiger partial charge in [0.2, 0.25) is 0 Å². The minimum atomic E-state index is -1.03. The van der Waals surface area contributed by atoms with Gasteiger partial charge in [0, 0.05) is 11.1 Å². The minimum absolute atomic E-state index is 0.191. The van der Waals surface area contributed by atoms with Crippen LogP contribution >= 0.6 is 0 Å². The summed E-state index contributed by atoms with van der Waals surface area (Å²) in [5.74, 6) is 0.382. The smallest absolute Gasteiger partial charge is 0.508 e. The van der Waals surface area contributed by atoms with Crippen molar-refractivity contribution >= 4 is 6.16 Å². The van der Waals surface area contributed by atoms with E-state index in [-0.39, 0.29) is 11.5 Å². The van der Waals surface area contributed by atoms with E-state index in [0.29, 0.717) is 24.2 Å².